The Balaban J connectivity index is 1.05. The highest BCUT2D eigenvalue weighted by Gasteiger charge is 2.45. The molecule has 4 aromatic rings. The van der Waals surface area contributed by atoms with E-state index in [0.29, 0.717) is 10.6 Å². The number of phenolic OH excluding ortho intramolecular Hbond substituents is 2. The van der Waals surface area contributed by atoms with Crippen molar-refractivity contribution in [3.8, 4) is 17.2 Å². The number of ether oxygens (including phenoxy) is 1. The number of aromatic hydroxyl groups is 2. The number of piperidine rings is 1. The topological polar surface area (TPSA) is 162 Å². The molecule has 0 saturated carbocycles. The molecule has 11 nitrogen and oxygen atoms in total. The Hall–Kier alpha value is -5.88. The zero-order chi connectivity index (χ0) is 36.1. The first-order valence-electron chi connectivity index (χ1n) is 16.4. The van der Waals surface area contributed by atoms with Gasteiger partial charge in [0.25, 0.3) is 11.8 Å². The van der Waals surface area contributed by atoms with Crippen LogP contribution in [-0.2, 0) is 14.4 Å². The summed E-state index contributed by atoms with van der Waals surface area (Å²) in [6.07, 6.45) is 0.812. The Labute approximate surface area is 298 Å². The predicted octanol–water partition coefficient (Wildman–Crippen LogP) is 5.16. The molecular weight excluding hydrogens is 671 g/mol. The lowest BCUT2D eigenvalue weighted by atomic mass is 9.88. The van der Waals surface area contributed by atoms with Crippen LogP contribution in [0.1, 0.15) is 63.6 Å². The Bertz CT molecular complexity index is 2030. The molecule has 2 aliphatic heterocycles. The second-order valence-electron chi connectivity index (χ2n) is 11.9. The molecule has 2 aliphatic rings. The zero-order valence-electron chi connectivity index (χ0n) is 27.7. The quantitative estimate of drug-likeness (QED) is 0.0676. The lowest BCUT2D eigenvalue weighted by molar-refractivity contribution is -0.136. The maximum Gasteiger partial charge on any atom is 0.263 e. The molecule has 2 heterocycles. The van der Waals surface area contributed by atoms with Gasteiger partial charge in [0.15, 0.2) is 0 Å². The minimum atomic E-state index is -1.07. The monoisotopic (exact) mass is 705 g/mol. The minimum absolute atomic E-state index is 0.0157. The number of hydrogen-bond acceptors (Lipinski definition) is 9. The number of rotatable bonds is 12. The lowest BCUT2D eigenvalue weighted by Gasteiger charge is -2.27. The average molecular weight is 706 g/mol. The zero-order valence-corrected chi connectivity index (χ0v) is 28.5. The molecular formula is C39H35N3O8S. The van der Waals surface area contributed by atoms with Gasteiger partial charge in [-0.15, -0.1) is 11.8 Å². The summed E-state index contributed by atoms with van der Waals surface area (Å²) in [6.45, 7) is 2.50. The second-order valence-corrected chi connectivity index (χ2v) is 13.0. The predicted molar refractivity (Wildman–Crippen MR) is 191 cm³/mol. The van der Waals surface area contributed by atoms with Crippen LogP contribution in [0.3, 0.4) is 0 Å². The van der Waals surface area contributed by atoms with Crippen molar-refractivity contribution in [2.75, 3.05) is 18.9 Å². The van der Waals surface area contributed by atoms with E-state index < -0.39 is 29.7 Å². The van der Waals surface area contributed by atoms with Gasteiger partial charge >= 0.3 is 0 Å². The summed E-state index contributed by atoms with van der Waals surface area (Å²) in [6, 6.07) is 25.4. The van der Waals surface area contributed by atoms with E-state index in [1.807, 2.05) is 48.5 Å². The fourth-order valence-corrected chi connectivity index (χ4v) is 7.11. The lowest BCUT2D eigenvalue weighted by Crippen LogP contribution is -2.54. The number of hydrogen-bond donors (Lipinski definition) is 4. The number of carbonyl (C=O) groups is 5. The van der Waals surface area contributed by atoms with Crippen LogP contribution in [0.4, 0.5) is 0 Å². The number of amides is 5. The minimum Gasteiger partial charge on any atom is -0.508 e. The molecule has 0 bridgehead atoms. The molecule has 1 atom stereocenters. The highest BCUT2D eigenvalue weighted by molar-refractivity contribution is 8.00. The average Bonchev–Trinajstić information content (AvgIpc) is 3.38. The van der Waals surface area contributed by atoms with Crippen molar-refractivity contribution in [1.82, 2.24) is 15.5 Å². The number of nitrogens with one attached hydrogen (secondary N) is 2. The largest absolute Gasteiger partial charge is 0.508 e. The molecule has 1 saturated heterocycles. The van der Waals surface area contributed by atoms with Crippen LogP contribution in [0.25, 0.3) is 11.1 Å². The molecule has 0 aliphatic carbocycles. The van der Waals surface area contributed by atoms with E-state index in [4.69, 9.17) is 4.74 Å². The fourth-order valence-electron chi connectivity index (χ4n) is 6.21. The Morgan fingerprint density at radius 1 is 0.863 bits per heavy atom. The second kappa shape index (κ2) is 15.3. The maximum atomic E-state index is 13.3. The summed E-state index contributed by atoms with van der Waals surface area (Å²) in [4.78, 5) is 64.4. The van der Waals surface area contributed by atoms with E-state index in [2.05, 4.69) is 17.6 Å². The first kappa shape index (κ1) is 35.0. The summed E-state index contributed by atoms with van der Waals surface area (Å²) in [7, 11) is 0. The molecule has 6 rings (SSSR count). The summed E-state index contributed by atoms with van der Waals surface area (Å²) in [5.41, 5.74) is 5.20. The third kappa shape index (κ3) is 7.65. The van der Waals surface area contributed by atoms with E-state index in [9.17, 15) is 34.2 Å². The Morgan fingerprint density at radius 3 is 2.12 bits per heavy atom. The number of carbonyl (C=O) groups excluding carboxylic acids is 5. The van der Waals surface area contributed by atoms with E-state index >= 15 is 0 Å². The van der Waals surface area contributed by atoms with Gasteiger partial charge in [-0.2, -0.15) is 0 Å². The van der Waals surface area contributed by atoms with Gasteiger partial charge < -0.3 is 20.3 Å². The molecule has 260 valence electrons. The van der Waals surface area contributed by atoms with E-state index in [0.717, 1.165) is 50.9 Å². The Morgan fingerprint density at radius 2 is 1.49 bits per heavy atom. The van der Waals surface area contributed by atoms with Crippen molar-refractivity contribution in [2.45, 2.75) is 37.1 Å². The van der Waals surface area contributed by atoms with Gasteiger partial charge in [0.05, 0.1) is 23.4 Å². The van der Waals surface area contributed by atoms with Crippen LogP contribution in [-0.4, -0.2) is 69.6 Å². The van der Waals surface area contributed by atoms with Crippen LogP contribution >= 0.6 is 11.8 Å². The highest BCUT2D eigenvalue weighted by Crippen LogP contribution is 2.37. The Kier molecular flexibility index (Phi) is 10.5. The summed E-state index contributed by atoms with van der Waals surface area (Å²) in [5.74, 6) is -1.69. The molecule has 1 unspecified atom stereocenters. The molecule has 1 fully saturated rings. The van der Waals surface area contributed by atoms with Gasteiger partial charge in [-0.25, -0.2) is 0 Å². The molecule has 4 N–H and O–H groups in total. The highest BCUT2D eigenvalue weighted by atomic mass is 32.2. The normalized spacial score (nSPS) is 16.0. The van der Waals surface area contributed by atoms with Gasteiger partial charge in [-0.05, 0) is 89.2 Å². The number of imide groups is 2. The van der Waals surface area contributed by atoms with E-state index in [1.54, 1.807) is 36.4 Å². The molecule has 0 spiro atoms. The molecule has 0 radical (unpaired) electrons. The van der Waals surface area contributed by atoms with E-state index in [1.165, 1.54) is 6.07 Å². The van der Waals surface area contributed by atoms with Crippen molar-refractivity contribution >= 4 is 52.4 Å². The van der Waals surface area contributed by atoms with Gasteiger partial charge in [0.2, 0.25) is 17.7 Å². The van der Waals surface area contributed by atoms with Crippen molar-refractivity contribution in [1.29, 1.82) is 0 Å². The standard InChI is InChI=1S/C39H35N3O8S/c1-2-29(23-6-12-26(43)13-7-23)35(24-8-14-27(44)15-9-24)25-10-16-28(17-11-25)50-21-20-40-34(46)22-51-32-5-3-4-30-36(32)39(49)42(38(30)48)31-18-19-33(45)41-37(31)47/h3-17,31,43-44H,2,18-22H2,1H3,(H,40,46)(H,41,45,47). The third-order valence-corrected chi connectivity index (χ3v) is 9.71. The van der Waals surface area contributed by atoms with Gasteiger partial charge in [0, 0.05) is 11.3 Å². The van der Waals surface area contributed by atoms with Crippen LogP contribution in [0.5, 0.6) is 17.2 Å². The first-order valence-corrected chi connectivity index (χ1v) is 17.4. The fraction of sp³-hybridized carbons (Fsp3) is 0.205. The number of phenols is 2. The van der Waals surface area contributed by atoms with Gasteiger partial charge in [-0.1, -0.05) is 49.4 Å². The SMILES string of the molecule is CCC(=C(c1ccc(O)cc1)c1ccc(OCCNC(=O)CSc2cccc3c2C(=O)N(C2CCC(=O)NC2=O)C3=O)cc1)c1ccc(O)cc1. The molecule has 4 aromatic carbocycles. The molecule has 5 amide bonds. The smallest absolute Gasteiger partial charge is 0.263 e. The van der Waals surface area contributed by atoms with Gasteiger partial charge in [0.1, 0.15) is 29.9 Å². The van der Waals surface area contributed by atoms with Crippen LogP contribution in [0.15, 0.2) is 95.9 Å². The van der Waals surface area contributed by atoms with Crippen molar-refractivity contribution in [3.63, 3.8) is 0 Å². The molecule has 0 aromatic heterocycles. The summed E-state index contributed by atoms with van der Waals surface area (Å²) >= 11 is 1.11. The first-order chi connectivity index (χ1) is 24.6. The van der Waals surface area contributed by atoms with Crippen molar-refractivity contribution < 1.29 is 38.9 Å². The van der Waals surface area contributed by atoms with E-state index in [-0.39, 0.29) is 60.3 Å². The third-order valence-electron chi connectivity index (χ3n) is 8.65. The number of allylic oxidation sites excluding steroid dienone is 1. The van der Waals surface area contributed by atoms with Crippen LogP contribution < -0.4 is 15.4 Å². The van der Waals surface area contributed by atoms with Crippen LogP contribution in [0.2, 0.25) is 0 Å². The van der Waals surface area contributed by atoms with Crippen LogP contribution in [0, 0.1) is 0 Å². The number of fused-ring (bicyclic) bond motifs is 1. The van der Waals surface area contributed by atoms with Crippen molar-refractivity contribution in [3.05, 3.63) is 119 Å². The number of nitrogens with zero attached hydrogens (tertiary/aromatic N) is 1. The summed E-state index contributed by atoms with van der Waals surface area (Å²) in [5, 5.41) is 24.7. The van der Waals surface area contributed by atoms with Crippen molar-refractivity contribution in [2.24, 2.45) is 0 Å². The maximum absolute atomic E-state index is 13.3. The number of benzene rings is 4. The van der Waals surface area contributed by atoms with Gasteiger partial charge in [-0.3, -0.25) is 34.2 Å². The summed E-state index contributed by atoms with van der Waals surface area (Å²) < 4.78 is 5.89. The molecule has 51 heavy (non-hydrogen) atoms. The number of thioether (sulfide) groups is 1. The molecule has 12 heteroatoms.